The molecule has 0 spiro atoms. The Labute approximate surface area is 154 Å². The van der Waals surface area contributed by atoms with E-state index in [4.69, 9.17) is 0 Å². The van der Waals surface area contributed by atoms with Gasteiger partial charge in [0.1, 0.15) is 0 Å². The van der Waals surface area contributed by atoms with Gasteiger partial charge in [-0.3, -0.25) is 5.32 Å². The molecule has 138 valence electrons. The smallest absolute Gasteiger partial charge is 0.323 e. The zero-order valence-electron chi connectivity index (χ0n) is 15.2. The minimum absolute atomic E-state index is 0.288. The van der Waals surface area contributed by atoms with Crippen molar-refractivity contribution in [3.8, 4) is 0 Å². The van der Waals surface area contributed by atoms with Crippen molar-refractivity contribution in [3.63, 3.8) is 0 Å². The van der Waals surface area contributed by atoms with E-state index in [1.54, 1.807) is 23.3 Å². The topological polar surface area (TPSA) is 73.8 Å². The highest BCUT2D eigenvalue weighted by molar-refractivity contribution is 8.13. The number of para-hydroxylation sites is 1. The minimum Gasteiger partial charge on any atom is -0.323 e. The molecule has 7 heteroatoms. The molecule has 0 saturated carbocycles. The molecule has 0 radical (unpaired) electrons. The summed E-state index contributed by atoms with van der Waals surface area (Å²) in [6.45, 7) is 5.57. The molecule has 0 aliphatic heterocycles. The Morgan fingerprint density at radius 1 is 1.08 bits per heavy atom. The van der Waals surface area contributed by atoms with Gasteiger partial charge in [0.25, 0.3) is 0 Å². The fourth-order valence-electron chi connectivity index (χ4n) is 2.06. The zero-order valence-corrected chi connectivity index (χ0v) is 16.1. The summed E-state index contributed by atoms with van der Waals surface area (Å²) < 4.78 is 0. The van der Waals surface area contributed by atoms with Gasteiger partial charge in [0, 0.05) is 18.8 Å². The molecule has 0 fully saturated rings. The third-order valence-corrected chi connectivity index (χ3v) is 4.06. The van der Waals surface area contributed by atoms with Crippen LogP contribution < -0.4 is 10.6 Å². The van der Waals surface area contributed by atoms with Gasteiger partial charge in [-0.15, -0.1) is 0 Å². The van der Waals surface area contributed by atoms with Crippen LogP contribution in [0.5, 0.6) is 0 Å². The molecule has 2 N–H and O–H groups in total. The highest BCUT2D eigenvalue weighted by atomic mass is 32.2. The average Bonchev–Trinajstić information content (AvgIpc) is 2.61. The first-order chi connectivity index (χ1) is 12.1. The van der Waals surface area contributed by atoms with Crippen molar-refractivity contribution in [2.45, 2.75) is 39.5 Å². The van der Waals surface area contributed by atoms with Gasteiger partial charge in [-0.05, 0) is 31.2 Å². The first-order valence-corrected chi connectivity index (χ1v) is 9.87. The van der Waals surface area contributed by atoms with Crippen LogP contribution in [-0.4, -0.2) is 41.5 Å². The quantitative estimate of drug-likeness (QED) is 0.550. The van der Waals surface area contributed by atoms with Gasteiger partial charge >= 0.3 is 12.1 Å². The van der Waals surface area contributed by atoms with Crippen molar-refractivity contribution in [1.82, 2.24) is 10.2 Å². The number of nitrogens with zero attached hydrogens (tertiary/aromatic N) is 2. The molecule has 0 aromatic heterocycles. The van der Waals surface area contributed by atoms with Crippen LogP contribution in [0, 0.1) is 0 Å². The predicted molar refractivity (Wildman–Crippen MR) is 106 cm³/mol. The molecule has 0 aliphatic rings. The van der Waals surface area contributed by atoms with E-state index in [9.17, 15) is 9.59 Å². The van der Waals surface area contributed by atoms with Gasteiger partial charge in [0.15, 0.2) is 5.17 Å². The van der Waals surface area contributed by atoms with E-state index in [1.807, 2.05) is 18.2 Å². The van der Waals surface area contributed by atoms with Crippen molar-refractivity contribution < 1.29 is 9.59 Å². The Morgan fingerprint density at radius 3 is 2.20 bits per heavy atom. The third kappa shape index (κ3) is 8.58. The number of thioether (sulfide) groups is 1. The van der Waals surface area contributed by atoms with Gasteiger partial charge < -0.3 is 10.2 Å². The molecule has 0 aliphatic carbocycles. The van der Waals surface area contributed by atoms with E-state index in [2.05, 4.69) is 29.5 Å². The Balaban J connectivity index is 2.67. The van der Waals surface area contributed by atoms with E-state index in [1.165, 1.54) is 11.8 Å². The molecular formula is C18H28N4O2S. The number of amidine groups is 1. The Hall–Kier alpha value is -2.02. The summed E-state index contributed by atoms with van der Waals surface area (Å²) in [4.78, 5) is 30.3. The maximum Gasteiger partial charge on any atom is 0.345 e. The number of hydrogen-bond acceptors (Lipinski definition) is 3. The second-order valence-electron chi connectivity index (χ2n) is 5.54. The lowest BCUT2D eigenvalue weighted by atomic mass is 10.3. The van der Waals surface area contributed by atoms with Crippen LogP contribution in [-0.2, 0) is 0 Å². The van der Waals surface area contributed by atoms with Gasteiger partial charge in [0.2, 0.25) is 0 Å². The Kier molecular flexibility index (Phi) is 10.4. The predicted octanol–water partition coefficient (Wildman–Crippen LogP) is 4.55. The van der Waals surface area contributed by atoms with Crippen LogP contribution in [0.25, 0.3) is 0 Å². The fourth-order valence-corrected chi connectivity index (χ4v) is 2.43. The molecule has 1 aromatic rings. The number of carbonyl (C=O) groups excluding carboxylic acids is 2. The molecule has 0 bridgehead atoms. The lowest BCUT2D eigenvalue weighted by Gasteiger charge is -2.20. The summed E-state index contributed by atoms with van der Waals surface area (Å²) in [5.41, 5.74) is 0.680. The highest BCUT2D eigenvalue weighted by Gasteiger charge is 2.14. The summed E-state index contributed by atoms with van der Waals surface area (Å²) >= 11 is 1.23. The lowest BCUT2D eigenvalue weighted by molar-refractivity contribution is 0.206. The van der Waals surface area contributed by atoms with Crippen LogP contribution in [0.2, 0.25) is 0 Å². The van der Waals surface area contributed by atoms with Gasteiger partial charge in [-0.1, -0.05) is 56.7 Å². The standard InChI is InChI=1S/C18H28N4O2S/c1-4-6-13-22(14-7-5-2)18(24)21-17(25-3)20-16(23)19-15-11-9-8-10-12-15/h8-12H,4-7,13-14H2,1-3H3,(H2,19,20,21,23,24). The molecule has 4 amide bonds. The highest BCUT2D eigenvalue weighted by Crippen LogP contribution is 2.07. The molecule has 0 saturated heterocycles. The summed E-state index contributed by atoms with van der Waals surface area (Å²) in [5.74, 6) is 0. The number of unbranched alkanes of at least 4 members (excludes halogenated alkanes) is 2. The third-order valence-electron chi connectivity index (χ3n) is 3.48. The van der Waals surface area contributed by atoms with E-state index in [0.717, 1.165) is 25.7 Å². The SMILES string of the molecule is CCCCN(CCCC)C(=O)N=C(NC(=O)Nc1ccccc1)SC. The first-order valence-electron chi connectivity index (χ1n) is 8.65. The maximum atomic E-state index is 12.4. The van der Waals surface area contributed by atoms with E-state index in [-0.39, 0.29) is 11.2 Å². The monoisotopic (exact) mass is 364 g/mol. The normalized spacial score (nSPS) is 11.1. The van der Waals surface area contributed by atoms with Crippen molar-refractivity contribution in [3.05, 3.63) is 30.3 Å². The molecular weight excluding hydrogens is 336 g/mol. The van der Waals surface area contributed by atoms with Crippen molar-refractivity contribution in [1.29, 1.82) is 0 Å². The van der Waals surface area contributed by atoms with Gasteiger partial charge in [-0.25, -0.2) is 9.59 Å². The summed E-state index contributed by atoms with van der Waals surface area (Å²) in [6, 6.07) is 8.41. The van der Waals surface area contributed by atoms with Crippen molar-refractivity contribution in [2.75, 3.05) is 24.7 Å². The van der Waals surface area contributed by atoms with E-state index < -0.39 is 6.03 Å². The molecule has 25 heavy (non-hydrogen) atoms. The molecule has 0 atom stereocenters. The maximum absolute atomic E-state index is 12.4. The molecule has 6 nitrogen and oxygen atoms in total. The summed E-state index contributed by atoms with van der Waals surface area (Å²) in [7, 11) is 0. The number of anilines is 1. The molecule has 1 aromatic carbocycles. The molecule has 0 unspecified atom stereocenters. The van der Waals surface area contributed by atoms with E-state index in [0.29, 0.717) is 18.8 Å². The number of urea groups is 2. The summed E-state index contributed by atoms with van der Waals surface area (Å²) in [5, 5.41) is 5.63. The molecule has 0 heterocycles. The lowest BCUT2D eigenvalue weighted by Crippen LogP contribution is -2.36. The second kappa shape index (κ2) is 12.4. The Bertz CT molecular complexity index is 555. The molecule has 1 rings (SSSR count). The number of aliphatic imine (C=N–C) groups is 1. The van der Waals surface area contributed by atoms with Crippen molar-refractivity contribution in [2.24, 2.45) is 4.99 Å². The zero-order chi connectivity index (χ0) is 18.5. The van der Waals surface area contributed by atoms with Crippen LogP contribution in [0.3, 0.4) is 0 Å². The fraction of sp³-hybridized carbons (Fsp3) is 0.500. The number of hydrogen-bond donors (Lipinski definition) is 2. The Morgan fingerprint density at radius 2 is 1.68 bits per heavy atom. The van der Waals surface area contributed by atoms with Crippen molar-refractivity contribution >= 4 is 34.7 Å². The number of nitrogens with one attached hydrogen (secondary N) is 2. The van der Waals surface area contributed by atoms with Gasteiger partial charge in [-0.2, -0.15) is 4.99 Å². The van der Waals surface area contributed by atoms with Crippen LogP contribution in [0.1, 0.15) is 39.5 Å². The first kappa shape index (κ1) is 21.0. The summed E-state index contributed by atoms with van der Waals surface area (Å²) in [6.07, 6.45) is 5.71. The minimum atomic E-state index is -0.416. The van der Waals surface area contributed by atoms with E-state index >= 15 is 0 Å². The second-order valence-corrected chi connectivity index (χ2v) is 6.34. The number of amides is 4. The van der Waals surface area contributed by atoms with Gasteiger partial charge in [0.05, 0.1) is 0 Å². The average molecular weight is 365 g/mol. The van der Waals surface area contributed by atoms with Crippen LogP contribution in [0.4, 0.5) is 15.3 Å². The number of benzene rings is 1. The largest absolute Gasteiger partial charge is 0.345 e. The van der Waals surface area contributed by atoms with Crippen LogP contribution in [0.15, 0.2) is 35.3 Å². The van der Waals surface area contributed by atoms with Crippen LogP contribution >= 0.6 is 11.8 Å². The number of rotatable bonds is 7. The number of carbonyl (C=O) groups is 2.